The largest absolute Gasteiger partial charge is 0.463 e. The summed E-state index contributed by atoms with van der Waals surface area (Å²) in [6.07, 6.45) is -0.625. The Balaban J connectivity index is 1.85. The first-order valence-electron chi connectivity index (χ1n) is 6.56. The van der Waals surface area contributed by atoms with Crippen LogP contribution in [0.3, 0.4) is 0 Å². The van der Waals surface area contributed by atoms with E-state index in [1.54, 1.807) is 13.8 Å². The molecule has 2 aliphatic heterocycles. The molecule has 116 valence electrons. The number of aliphatic hydroxyl groups is 1. The number of methoxy groups -OCH3 is 1. The Morgan fingerprint density at radius 3 is 2.86 bits per heavy atom. The van der Waals surface area contributed by atoms with Crippen molar-refractivity contribution in [1.29, 1.82) is 0 Å². The number of aliphatic hydroxyl groups excluding tert-OH is 1. The van der Waals surface area contributed by atoms with Gasteiger partial charge in [-0.25, -0.2) is 14.5 Å². The van der Waals surface area contributed by atoms with E-state index < -0.39 is 36.3 Å². The number of nitrogens with zero attached hydrogens (tertiary/aromatic N) is 3. The van der Waals surface area contributed by atoms with Crippen LogP contribution in [0.4, 0.5) is 0 Å². The highest BCUT2D eigenvalue weighted by atomic mass is 16.8. The molecule has 3 heterocycles. The van der Waals surface area contributed by atoms with Crippen LogP contribution in [0.1, 0.15) is 30.7 Å². The molecule has 3 rings (SSSR count). The number of hydrogen-bond acceptors (Lipinski definition) is 8. The first-order chi connectivity index (χ1) is 9.95. The number of esters is 1. The molecular weight excluding hydrogens is 282 g/mol. The number of fused-ring (bicyclic) bond motifs is 1. The zero-order chi connectivity index (χ0) is 15.2. The van der Waals surface area contributed by atoms with E-state index in [9.17, 15) is 9.90 Å². The second-order valence-electron chi connectivity index (χ2n) is 5.35. The zero-order valence-electron chi connectivity index (χ0n) is 11.9. The molecule has 0 aliphatic carbocycles. The van der Waals surface area contributed by atoms with E-state index in [2.05, 4.69) is 14.8 Å². The van der Waals surface area contributed by atoms with E-state index in [0.29, 0.717) is 0 Å². The lowest BCUT2D eigenvalue weighted by Gasteiger charge is -2.23. The minimum Gasteiger partial charge on any atom is -0.463 e. The van der Waals surface area contributed by atoms with Crippen LogP contribution < -0.4 is 0 Å². The van der Waals surface area contributed by atoms with Crippen LogP contribution in [0.25, 0.3) is 0 Å². The Morgan fingerprint density at radius 1 is 1.48 bits per heavy atom. The average molecular weight is 299 g/mol. The smallest absolute Gasteiger partial charge is 0.377 e. The number of rotatable bonds is 3. The molecule has 2 aliphatic rings. The van der Waals surface area contributed by atoms with Crippen molar-refractivity contribution in [1.82, 2.24) is 14.8 Å². The standard InChI is InChI=1S/C12H17N3O6/c1-12(2)20-7-6(4-16)19-10(8(7)21-12)15-5-13-9(14-15)11(17)18-3/h5-8,10,16H,4H2,1-3H3. The SMILES string of the molecule is COC(=O)c1ncn(C2OC(CO)C3OC(C)(C)OC32)n1. The first kappa shape index (κ1) is 14.4. The summed E-state index contributed by atoms with van der Waals surface area (Å²) in [7, 11) is 1.25. The predicted molar refractivity (Wildman–Crippen MR) is 66.2 cm³/mol. The van der Waals surface area contributed by atoms with Gasteiger partial charge in [-0.05, 0) is 13.8 Å². The van der Waals surface area contributed by atoms with Gasteiger partial charge < -0.3 is 24.1 Å². The van der Waals surface area contributed by atoms with Crippen molar-refractivity contribution >= 4 is 5.97 Å². The summed E-state index contributed by atoms with van der Waals surface area (Å²) >= 11 is 0. The van der Waals surface area contributed by atoms with Crippen LogP contribution in [-0.4, -0.2) is 63.7 Å². The highest BCUT2D eigenvalue weighted by Gasteiger charge is 2.56. The second-order valence-corrected chi connectivity index (χ2v) is 5.35. The average Bonchev–Trinajstić information content (AvgIpc) is 3.10. The third-order valence-corrected chi connectivity index (χ3v) is 3.44. The minimum absolute atomic E-state index is 0.0664. The second kappa shape index (κ2) is 5.02. The van der Waals surface area contributed by atoms with E-state index in [0.717, 1.165) is 0 Å². The van der Waals surface area contributed by atoms with E-state index in [1.165, 1.54) is 18.1 Å². The first-order valence-corrected chi connectivity index (χ1v) is 6.56. The van der Waals surface area contributed by atoms with Gasteiger partial charge in [-0.3, -0.25) is 0 Å². The van der Waals surface area contributed by atoms with Crippen LogP contribution in [0, 0.1) is 0 Å². The summed E-state index contributed by atoms with van der Waals surface area (Å²) in [5.74, 6) is -1.47. The highest BCUT2D eigenvalue weighted by Crippen LogP contribution is 2.42. The lowest BCUT2D eigenvalue weighted by molar-refractivity contribution is -0.201. The fourth-order valence-electron chi connectivity index (χ4n) is 2.60. The van der Waals surface area contributed by atoms with Gasteiger partial charge in [0, 0.05) is 0 Å². The Morgan fingerprint density at radius 2 is 2.19 bits per heavy atom. The van der Waals surface area contributed by atoms with Crippen LogP contribution in [0.2, 0.25) is 0 Å². The number of carbonyl (C=O) groups excluding carboxylic acids is 1. The van der Waals surface area contributed by atoms with Gasteiger partial charge in [0.25, 0.3) is 5.82 Å². The van der Waals surface area contributed by atoms with Crippen LogP contribution in [0.15, 0.2) is 6.33 Å². The summed E-state index contributed by atoms with van der Waals surface area (Å²) in [5.41, 5.74) is 0. The number of hydrogen-bond donors (Lipinski definition) is 1. The molecule has 2 saturated heterocycles. The van der Waals surface area contributed by atoms with Gasteiger partial charge in [0.05, 0.1) is 13.7 Å². The van der Waals surface area contributed by atoms with Gasteiger partial charge in [0.2, 0.25) is 0 Å². The normalized spacial score (nSPS) is 33.9. The van der Waals surface area contributed by atoms with Crippen molar-refractivity contribution in [3.8, 4) is 0 Å². The third kappa shape index (κ3) is 2.42. The van der Waals surface area contributed by atoms with Crippen LogP contribution in [-0.2, 0) is 18.9 Å². The maximum atomic E-state index is 11.4. The molecule has 2 fully saturated rings. The number of aromatic nitrogens is 3. The molecule has 9 nitrogen and oxygen atoms in total. The molecule has 1 aromatic rings. The number of ether oxygens (including phenoxy) is 4. The molecule has 0 amide bonds. The molecule has 9 heteroatoms. The Labute approximate surface area is 120 Å². The fraction of sp³-hybridized carbons (Fsp3) is 0.750. The Bertz CT molecular complexity index is 545. The lowest BCUT2D eigenvalue weighted by Crippen LogP contribution is -2.31. The van der Waals surface area contributed by atoms with E-state index in [-0.39, 0.29) is 12.4 Å². The van der Waals surface area contributed by atoms with Crippen molar-refractivity contribution < 1.29 is 28.8 Å². The Hall–Kier alpha value is -1.55. The molecule has 0 radical (unpaired) electrons. The van der Waals surface area contributed by atoms with E-state index >= 15 is 0 Å². The summed E-state index contributed by atoms with van der Waals surface area (Å²) in [6.45, 7) is 3.38. The summed E-state index contributed by atoms with van der Waals surface area (Å²) in [6, 6.07) is 0. The molecule has 0 aromatic carbocycles. The molecule has 21 heavy (non-hydrogen) atoms. The summed E-state index contributed by atoms with van der Waals surface area (Å²) < 4.78 is 23.2. The van der Waals surface area contributed by atoms with Gasteiger partial charge in [0.15, 0.2) is 12.0 Å². The van der Waals surface area contributed by atoms with Crippen molar-refractivity contribution in [2.45, 2.75) is 44.2 Å². The summed E-state index contributed by atoms with van der Waals surface area (Å²) in [5, 5.41) is 13.4. The van der Waals surface area contributed by atoms with E-state index in [4.69, 9.17) is 14.2 Å². The third-order valence-electron chi connectivity index (χ3n) is 3.44. The molecule has 4 atom stereocenters. The van der Waals surface area contributed by atoms with Gasteiger partial charge in [-0.1, -0.05) is 0 Å². The number of carbonyl (C=O) groups is 1. The van der Waals surface area contributed by atoms with Crippen molar-refractivity contribution in [2.75, 3.05) is 13.7 Å². The molecule has 0 saturated carbocycles. The van der Waals surface area contributed by atoms with Crippen molar-refractivity contribution in [3.63, 3.8) is 0 Å². The Kier molecular flexibility index (Phi) is 3.44. The molecule has 4 unspecified atom stereocenters. The predicted octanol–water partition coefficient (Wildman–Crippen LogP) is -0.526. The maximum absolute atomic E-state index is 11.4. The van der Waals surface area contributed by atoms with Crippen LogP contribution in [0.5, 0.6) is 0 Å². The fourth-order valence-corrected chi connectivity index (χ4v) is 2.60. The topological polar surface area (TPSA) is 105 Å². The van der Waals surface area contributed by atoms with Gasteiger partial charge in [0.1, 0.15) is 24.6 Å². The quantitative estimate of drug-likeness (QED) is 0.743. The molecule has 0 spiro atoms. The van der Waals surface area contributed by atoms with Crippen molar-refractivity contribution in [2.24, 2.45) is 0 Å². The van der Waals surface area contributed by atoms with Gasteiger partial charge >= 0.3 is 5.97 Å². The summed E-state index contributed by atoms with van der Waals surface area (Å²) in [4.78, 5) is 15.3. The zero-order valence-corrected chi connectivity index (χ0v) is 11.9. The van der Waals surface area contributed by atoms with Gasteiger partial charge in [-0.15, -0.1) is 5.10 Å². The minimum atomic E-state index is -0.767. The monoisotopic (exact) mass is 299 g/mol. The molecule has 1 aromatic heterocycles. The molecular formula is C12H17N3O6. The lowest BCUT2D eigenvalue weighted by atomic mass is 10.1. The van der Waals surface area contributed by atoms with Crippen LogP contribution >= 0.6 is 0 Å². The molecule has 1 N–H and O–H groups in total. The highest BCUT2D eigenvalue weighted by molar-refractivity contribution is 5.84. The van der Waals surface area contributed by atoms with E-state index in [1.807, 2.05) is 0 Å². The van der Waals surface area contributed by atoms with Gasteiger partial charge in [-0.2, -0.15) is 0 Å². The van der Waals surface area contributed by atoms with Crippen molar-refractivity contribution in [3.05, 3.63) is 12.2 Å². The molecule has 0 bridgehead atoms. The maximum Gasteiger partial charge on any atom is 0.377 e.